The predicted molar refractivity (Wildman–Crippen MR) is 62.9 cm³/mol. The van der Waals surface area contributed by atoms with Crippen molar-refractivity contribution in [1.82, 2.24) is 4.90 Å². The van der Waals surface area contributed by atoms with Gasteiger partial charge in [-0.2, -0.15) is 0 Å². The third-order valence-electron chi connectivity index (χ3n) is 2.14. The van der Waals surface area contributed by atoms with Crippen molar-refractivity contribution >= 4 is 21.8 Å². The smallest absolute Gasteiger partial charge is 0.253 e. The maximum atomic E-state index is 13.2. The van der Waals surface area contributed by atoms with Gasteiger partial charge in [-0.15, -0.1) is 0 Å². The van der Waals surface area contributed by atoms with Crippen molar-refractivity contribution in [1.29, 1.82) is 0 Å². The Morgan fingerprint density at radius 2 is 2.25 bits per heavy atom. The topological polar surface area (TPSA) is 29.5 Å². The second-order valence-electron chi connectivity index (χ2n) is 3.35. The molecule has 0 aliphatic heterocycles. The van der Waals surface area contributed by atoms with Gasteiger partial charge in [-0.25, -0.2) is 4.39 Å². The van der Waals surface area contributed by atoms with Crippen molar-refractivity contribution in [3.05, 3.63) is 34.1 Å². The first-order chi connectivity index (χ1) is 7.56. The van der Waals surface area contributed by atoms with Gasteiger partial charge in [-0.3, -0.25) is 4.79 Å². The first kappa shape index (κ1) is 13.1. The van der Waals surface area contributed by atoms with Crippen molar-refractivity contribution in [2.24, 2.45) is 0 Å². The number of methoxy groups -OCH3 is 1. The number of benzene rings is 1. The second-order valence-corrected chi connectivity index (χ2v) is 4.20. The van der Waals surface area contributed by atoms with Crippen LogP contribution in [0.2, 0.25) is 0 Å². The molecule has 0 aliphatic carbocycles. The molecule has 0 saturated heterocycles. The maximum Gasteiger partial charge on any atom is 0.253 e. The van der Waals surface area contributed by atoms with Crippen molar-refractivity contribution in [3.63, 3.8) is 0 Å². The van der Waals surface area contributed by atoms with E-state index in [1.54, 1.807) is 20.2 Å². The molecule has 0 saturated carbocycles. The molecule has 0 heterocycles. The van der Waals surface area contributed by atoms with Gasteiger partial charge in [0.15, 0.2) is 0 Å². The van der Waals surface area contributed by atoms with Gasteiger partial charge in [-0.1, -0.05) is 0 Å². The average molecular weight is 290 g/mol. The summed E-state index contributed by atoms with van der Waals surface area (Å²) >= 11 is 3.04. The highest BCUT2D eigenvalue weighted by atomic mass is 79.9. The van der Waals surface area contributed by atoms with E-state index in [0.717, 1.165) is 0 Å². The maximum absolute atomic E-state index is 13.2. The molecule has 1 aromatic rings. The highest BCUT2D eigenvalue weighted by Gasteiger charge is 2.12. The van der Waals surface area contributed by atoms with Crippen LogP contribution in [0, 0.1) is 5.82 Å². The van der Waals surface area contributed by atoms with Crippen LogP contribution in [-0.2, 0) is 4.74 Å². The van der Waals surface area contributed by atoms with Crippen LogP contribution in [-0.4, -0.2) is 38.1 Å². The minimum Gasteiger partial charge on any atom is -0.383 e. The largest absolute Gasteiger partial charge is 0.383 e. The van der Waals surface area contributed by atoms with E-state index >= 15 is 0 Å². The molecule has 0 unspecified atom stereocenters. The van der Waals surface area contributed by atoms with Gasteiger partial charge in [0.1, 0.15) is 5.82 Å². The molecule has 1 rings (SSSR count). The summed E-state index contributed by atoms with van der Waals surface area (Å²) in [6, 6.07) is 4.32. The first-order valence-corrected chi connectivity index (χ1v) is 5.55. The van der Waals surface area contributed by atoms with Gasteiger partial charge in [0.2, 0.25) is 0 Å². The molecule has 0 radical (unpaired) electrons. The van der Waals surface area contributed by atoms with E-state index in [4.69, 9.17) is 4.74 Å². The lowest BCUT2D eigenvalue weighted by atomic mass is 10.2. The number of nitrogens with zero attached hydrogens (tertiary/aromatic N) is 1. The molecule has 0 aromatic heterocycles. The van der Waals surface area contributed by atoms with Crippen LogP contribution < -0.4 is 0 Å². The summed E-state index contributed by atoms with van der Waals surface area (Å²) in [7, 11) is 3.22. The third kappa shape index (κ3) is 3.28. The molecule has 0 bridgehead atoms. The zero-order valence-corrected chi connectivity index (χ0v) is 10.8. The molecule has 0 spiro atoms. The molecule has 0 aliphatic rings. The number of amides is 1. The number of hydrogen-bond acceptors (Lipinski definition) is 2. The monoisotopic (exact) mass is 289 g/mol. The van der Waals surface area contributed by atoms with E-state index in [0.29, 0.717) is 23.2 Å². The standard InChI is InChI=1S/C11H13BrFNO2/c1-14(5-6-16-2)11(15)8-3-4-9(12)10(13)7-8/h3-4,7H,5-6H2,1-2H3. The van der Waals surface area contributed by atoms with Crippen molar-refractivity contribution in [2.45, 2.75) is 0 Å². The van der Waals surface area contributed by atoms with E-state index in [1.165, 1.54) is 17.0 Å². The SMILES string of the molecule is COCCN(C)C(=O)c1ccc(Br)c(F)c1. The molecule has 5 heteroatoms. The average Bonchev–Trinajstić information content (AvgIpc) is 2.28. The van der Waals surface area contributed by atoms with Crippen LogP contribution in [0.1, 0.15) is 10.4 Å². The number of carbonyl (C=O) groups is 1. The lowest BCUT2D eigenvalue weighted by Crippen LogP contribution is -2.29. The molecule has 3 nitrogen and oxygen atoms in total. The zero-order chi connectivity index (χ0) is 12.1. The van der Waals surface area contributed by atoms with Crippen LogP contribution in [0.3, 0.4) is 0 Å². The lowest BCUT2D eigenvalue weighted by Gasteiger charge is -2.16. The van der Waals surface area contributed by atoms with Crippen LogP contribution >= 0.6 is 15.9 Å². The molecule has 16 heavy (non-hydrogen) atoms. The summed E-state index contributed by atoms with van der Waals surface area (Å²) in [5.41, 5.74) is 0.333. The quantitative estimate of drug-likeness (QED) is 0.851. The van der Waals surface area contributed by atoms with Crippen LogP contribution in [0.5, 0.6) is 0 Å². The van der Waals surface area contributed by atoms with E-state index in [1.807, 2.05) is 0 Å². The fraction of sp³-hybridized carbons (Fsp3) is 0.364. The Morgan fingerprint density at radius 1 is 1.56 bits per heavy atom. The number of rotatable bonds is 4. The molecule has 0 N–H and O–H groups in total. The van der Waals surface area contributed by atoms with Gasteiger partial charge >= 0.3 is 0 Å². The fourth-order valence-electron chi connectivity index (χ4n) is 1.18. The Hall–Kier alpha value is -0.940. The Labute approximate surface area is 102 Å². The van der Waals surface area contributed by atoms with Gasteiger partial charge in [0, 0.05) is 26.3 Å². The van der Waals surface area contributed by atoms with Crippen LogP contribution in [0.15, 0.2) is 22.7 Å². The zero-order valence-electron chi connectivity index (χ0n) is 9.17. The van der Waals surface area contributed by atoms with Crippen LogP contribution in [0.25, 0.3) is 0 Å². The Morgan fingerprint density at radius 3 is 2.81 bits per heavy atom. The Bertz CT molecular complexity index is 384. The number of hydrogen-bond donors (Lipinski definition) is 0. The summed E-state index contributed by atoms with van der Waals surface area (Å²) in [5.74, 6) is -0.658. The summed E-state index contributed by atoms with van der Waals surface area (Å²) in [5, 5.41) is 0. The van der Waals surface area contributed by atoms with Crippen molar-refractivity contribution in [2.75, 3.05) is 27.3 Å². The molecular formula is C11H13BrFNO2. The normalized spacial score (nSPS) is 10.2. The molecule has 0 fully saturated rings. The Balaban J connectivity index is 2.76. The second kappa shape index (κ2) is 5.96. The molecular weight excluding hydrogens is 277 g/mol. The van der Waals surface area contributed by atoms with E-state index in [2.05, 4.69) is 15.9 Å². The Kier molecular flexibility index (Phi) is 4.89. The third-order valence-corrected chi connectivity index (χ3v) is 2.79. The highest BCUT2D eigenvalue weighted by molar-refractivity contribution is 9.10. The summed E-state index contributed by atoms with van der Waals surface area (Å²) in [6.45, 7) is 0.939. The van der Waals surface area contributed by atoms with E-state index in [-0.39, 0.29) is 5.91 Å². The predicted octanol–water partition coefficient (Wildman–Crippen LogP) is 2.31. The lowest BCUT2D eigenvalue weighted by molar-refractivity contribution is 0.0744. The van der Waals surface area contributed by atoms with Crippen LogP contribution in [0.4, 0.5) is 4.39 Å². The van der Waals surface area contributed by atoms with Crippen molar-refractivity contribution < 1.29 is 13.9 Å². The number of likely N-dealkylation sites (N-methyl/N-ethyl adjacent to an activating group) is 1. The highest BCUT2D eigenvalue weighted by Crippen LogP contribution is 2.17. The molecule has 1 aromatic carbocycles. The molecule has 0 atom stereocenters. The number of ether oxygens (including phenoxy) is 1. The van der Waals surface area contributed by atoms with E-state index < -0.39 is 5.82 Å². The minimum atomic E-state index is -0.439. The number of carbonyl (C=O) groups excluding carboxylic acids is 1. The van der Waals surface area contributed by atoms with E-state index in [9.17, 15) is 9.18 Å². The molecule has 88 valence electrons. The number of halogens is 2. The van der Waals surface area contributed by atoms with Gasteiger partial charge in [0.05, 0.1) is 11.1 Å². The minimum absolute atomic E-state index is 0.219. The fourth-order valence-corrected chi connectivity index (χ4v) is 1.43. The van der Waals surface area contributed by atoms with Gasteiger partial charge in [0.25, 0.3) is 5.91 Å². The van der Waals surface area contributed by atoms with Gasteiger partial charge < -0.3 is 9.64 Å². The molecule has 1 amide bonds. The summed E-state index contributed by atoms with van der Waals surface area (Å²) in [6.07, 6.45) is 0. The van der Waals surface area contributed by atoms with Gasteiger partial charge in [-0.05, 0) is 34.1 Å². The first-order valence-electron chi connectivity index (χ1n) is 4.75. The van der Waals surface area contributed by atoms with Crippen molar-refractivity contribution in [3.8, 4) is 0 Å². The summed E-state index contributed by atoms with van der Waals surface area (Å²) < 4.78 is 18.4. The summed E-state index contributed by atoms with van der Waals surface area (Å²) in [4.78, 5) is 13.3.